The van der Waals surface area contributed by atoms with Crippen LogP contribution in [0.25, 0.3) is 0 Å². The maximum atomic E-state index is 12.6. The van der Waals surface area contributed by atoms with Crippen LogP contribution in [0.3, 0.4) is 0 Å². The number of nitrogens with zero attached hydrogens (tertiary/aromatic N) is 2. The number of carbonyl (C=O) groups excluding carboxylic acids is 2. The molecule has 0 aromatic carbocycles. The lowest BCUT2D eigenvalue weighted by Gasteiger charge is -2.37. The zero-order valence-electron chi connectivity index (χ0n) is 14.0. The zero-order valence-corrected chi connectivity index (χ0v) is 14.8. The summed E-state index contributed by atoms with van der Waals surface area (Å²) in [5.74, 6) is 0.306. The normalized spacial score (nSPS) is 21.5. The molecule has 2 fully saturated rings. The highest BCUT2D eigenvalue weighted by Gasteiger charge is 2.32. The van der Waals surface area contributed by atoms with Crippen LogP contribution in [0.2, 0.25) is 0 Å². The van der Waals surface area contributed by atoms with Gasteiger partial charge < -0.3 is 9.80 Å². The molecule has 0 bridgehead atoms. The van der Waals surface area contributed by atoms with E-state index in [4.69, 9.17) is 0 Å². The van der Waals surface area contributed by atoms with Gasteiger partial charge in [-0.2, -0.15) is 0 Å². The molecule has 2 aliphatic heterocycles. The third kappa shape index (κ3) is 4.91. The Bertz CT molecular complexity index is 533. The lowest BCUT2D eigenvalue weighted by atomic mass is 9.94. The standard InChI is InChI=1S/C15H27N3O4S/c1-3-23(21,22)16-14-6-10-18(11-7-14)15(20)13-4-8-17(9-5-13)12(2)19/h13-14,16H,3-11H2,1-2H3. The molecule has 2 aliphatic rings. The SMILES string of the molecule is CCS(=O)(=O)NC1CCN(C(=O)C2CCN(C(C)=O)CC2)CC1. The van der Waals surface area contributed by atoms with Crippen LogP contribution in [-0.2, 0) is 19.6 Å². The molecule has 2 rings (SSSR count). The summed E-state index contributed by atoms with van der Waals surface area (Å²) in [7, 11) is -3.18. The van der Waals surface area contributed by atoms with Crippen molar-refractivity contribution in [1.29, 1.82) is 0 Å². The quantitative estimate of drug-likeness (QED) is 0.787. The van der Waals surface area contributed by atoms with Crippen LogP contribution in [-0.4, -0.2) is 68.0 Å². The second-order valence-electron chi connectivity index (χ2n) is 6.40. The van der Waals surface area contributed by atoms with Crippen LogP contribution >= 0.6 is 0 Å². The number of nitrogens with one attached hydrogen (secondary N) is 1. The maximum Gasteiger partial charge on any atom is 0.225 e. The van der Waals surface area contributed by atoms with E-state index in [1.807, 2.05) is 4.90 Å². The smallest absolute Gasteiger partial charge is 0.225 e. The zero-order chi connectivity index (χ0) is 17.0. The molecule has 132 valence electrons. The molecule has 0 unspecified atom stereocenters. The molecular weight excluding hydrogens is 318 g/mol. The average Bonchev–Trinajstić information content (AvgIpc) is 2.54. The van der Waals surface area contributed by atoms with Gasteiger partial charge in [0.05, 0.1) is 5.75 Å². The van der Waals surface area contributed by atoms with E-state index in [9.17, 15) is 18.0 Å². The van der Waals surface area contributed by atoms with E-state index in [2.05, 4.69) is 4.72 Å². The van der Waals surface area contributed by atoms with Gasteiger partial charge >= 0.3 is 0 Å². The number of sulfonamides is 1. The average molecular weight is 345 g/mol. The maximum absolute atomic E-state index is 12.6. The van der Waals surface area contributed by atoms with Crippen molar-refractivity contribution in [3.63, 3.8) is 0 Å². The molecular formula is C15H27N3O4S. The molecule has 23 heavy (non-hydrogen) atoms. The highest BCUT2D eigenvalue weighted by molar-refractivity contribution is 7.89. The van der Waals surface area contributed by atoms with E-state index < -0.39 is 10.0 Å². The van der Waals surface area contributed by atoms with Crippen LogP contribution in [0.4, 0.5) is 0 Å². The van der Waals surface area contributed by atoms with E-state index in [1.165, 1.54) is 0 Å². The second-order valence-corrected chi connectivity index (χ2v) is 8.44. The van der Waals surface area contributed by atoms with Crippen molar-refractivity contribution < 1.29 is 18.0 Å². The van der Waals surface area contributed by atoms with E-state index in [1.54, 1.807) is 18.7 Å². The van der Waals surface area contributed by atoms with Gasteiger partial charge in [-0.25, -0.2) is 13.1 Å². The molecule has 0 aromatic heterocycles. The minimum Gasteiger partial charge on any atom is -0.343 e. The fraction of sp³-hybridized carbons (Fsp3) is 0.867. The van der Waals surface area contributed by atoms with Crippen molar-refractivity contribution in [3.05, 3.63) is 0 Å². The van der Waals surface area contributed by atoms with E-state index in [0.717, 1.165) is 12.8 Å². The Morgan fingerprint density at radius 2 is 1.52 bits per heavy atom. The van der Waals surface area contributed by atoms with Crippen LogP contribution in [0.5, 0.6) is 0 Å². The molecule has 7 nitrogen and oxygen atoms in total. The number of hydrogen-bond acceptors (Lipinski definition) is 4. The molecule has 2 heterocycles. The number of piperidine rings is 2. The molecule has 2 amide bonds. The van der Waals surface area contributed by atoms with Gasteiger partial charge in [0.15, 0.2) is 0 Å². The summed E-state index contributed by atoms with van der Waals surface area (Å²) < 4.78 is 25.9. The predicted octanol–water partition coefficient (Wildman–Crippen LogP) is 0.175. The van der Waals surface area contributed by atoms with Gasteiger partial charge in [0, 0.05) is 45.1 Å². The first-order valence-corrected chi connectivity index (χ1v) is 10.0. The van der Waals surface area contributed by atoms with Crippen LogP contribution < -0.4 is 4.72 Å². The molecule has 0 aromatic rings. The van der Waals surface area contributed by atoms with Gasteiger partial charge in [-0.3, -0.25) is 9.59 Å². The number of likely N-dealkylation sites (tertiary alicyclic amines) is 2. The first-order valence-electron chi connectivity index (χ1n) is 8.36. The minimum absolute atomic E-state index is 0.00511. The van der Waals surface area contributed by atoms with Gasteiger partial charge in [-0.15, -0.1) is 0 Å². The van der Waals surface area contributed by atoms with Crippen molar-refractivity contribution in [2.24, 2.45) is 5.92 Å². The van der Waals surface area contributed by atoms with Crippen LogP contribution in [0.1, 0.15) is 39.5 Å². The second kappa shape index (κ2) is 7.61. The predicted molar refractivity (Wildman–Crippen MR) is 87.2 cm³/mol. The van der Waals surface area contributed by atoms with Crippen molar-refractivity contribution in [1.82, 2.24) is 14.5 Å². The van der Waals surface area contributed by atoms with Gasteiger partial charge in [0.1, 0.15) is 0 Å². The summed E-state index contributed by atoms with van der Waals surface area (Å²) in [5, 5.41) is 0. The summed E-state index contributed by atoms with van der Waals surface area (Å²) in [4.78, 5) is 27.5. The fourth-order valence-corrected chi connectivity index (χ4v) is 4.16. The minimum atomic E-state index is -3.18. The summed E-state index contributed by atoms with van der Waals surface area (Å²) in [6.07, 6.45) is 2.77. The van der Waals surface area contributed by atoms with Crippen LogP contribution in [0, 0.1) is 5.92 Å². The third-order valence-electron chi connectivity index (χ3n) is 4.82. The molecule has 0 saturated carbocycles. The number of hydrogen-bond donors (Lipinski definition) is 1. The van der Waals surface area contributed by atoms with E-state index in [0.29, 0.717) is 39.0 Å². The Morgan fingerprint density at radius 3 is 2.00 bits per heavy atom. The van der Waals surface area contributed by atoms with Crippen molar-refractivity contribution in [3.8, 4) is 0 Å². The largest absolute Gasteiger partial charge is 0.343 e. The van der Waals surface area contributed by atoms with E-state index >= 15 is 0 Å². The highest BCUT2D eigenvalue weighted by atomic mass is 32.2. The Hall–Kier alpha value is -1.15. The van der Waals surface area contributed by atoms with Gasteiger partial charge in [-0.1, -0.05) is 0 Å². The molecule has 8 heteroatoms. The fourth-order valence-electron chi connectivity index (χ4n) is 3.25. The number of carbonyl (C=O) groups is 2. The van der Waals surface area contributed by atoms with Crippen molar-refractivity contribution >= 4 is 21.8 Å². The number of rotatable bonds is 4. The lowest BCUT2D eigenvalue weighted by Crippen LogP contribution is -2.49. The monoisotopic (exact) mass is 345 g/mol. The van der Waals surface area contributed by atoms with E-state index in [-0.39, 0.29) is 29.5 Å². The summed E-state index contributed by atoms with van der Waals surface area (Å²) in [6.45, 7) is 5.68. The molecule has 0 radical (unpaired) electrons. The van der Waals surface area contributed by atoms with Crippen molar-refractivity contribution in [2.45, 2.75) is 45.6 Å². The molecule has 1 N–H and O–H groups in total. The summed E-state index contributed by atoms with van der Waals surface area (Å²) in [6, 6.07) is -0.0661. The molecule has 0 aliphatic carbocycles. The molecule has 0 spiro atoms. The Labute approximate surface area is 138 Å². The van der Waals surface area contributed by atoms with Crippen molar-refractivity contribution in [2.75, 3.05) is 31.9 Å². The van der Waals surface area contributed by atoms with Crippen LogP contribution in [0.15, 0.2) is 0 Å². The Morgan fingerprint density at radius 1 is 1.00 bits per heavy atom. The highest BCUT2D eigenvalue weighted by Crippen LogP contribution is 2.22. The third-order valence-corrected chi connectivity index (χ3v) is 6.27. The first kappa shape index (κ1) is 18.2. The Balaban J connectivity index is 1.79. The Kier molecular flexibility index (Phi) is 6.02. The van der Waals surface area contributed by atoms with Gasteiger partial charge in [-0.05, 0) is 32.6 Å². The number of amides is 2. The first-order chi connectivity index (χ1) is 10.8. The lowest BCUT2D eigenvalue weighted by molar-refractivity contribution is -0.140. The topological polar surface area (TPSA) is 86.8 Å². The molecule has 2 saturated heterocycles. The van der Waals surface area contributed by atoms with Gasteiger partial charge in [0.25, 0.3) is 0 Å². The van der Waals surface area contributed by atoms with Gasteiger partial charge in [0.2, 0.25) is 21.8 Å². The summed E-state index contributed by atoms with van der Waals surface area (Å²) >= 11 is 0. The summed E-state index contributed by atoms with van der Waals surface area (Å²) in [5.41, 5.74) is 0. The molecule has 0 atom stereocenters.